The Morgan fingerprint density at radius 1 is 0.476 bits per heavy atom. The number of ether oxygens (including phenoxy) is 3. The zero-order valence-electron chi connectivity index (χ0n) is 53.5. The van der Waals surface area contributed by atoms with Gasteiger partial charge in [0.2, 0.25) is 5.91 Å². The second-order valence-corrected chi connectivity index (χ2v) is 23.2. The number of carbonyl (C=O) groups excluding carboxylic acids is 2. The smallest absolute Gasteiger partial charge is 0.306 e. The summed E-state index contributed by atoms with van der Waals surface area (Å²) in [5, 5.41) is 57.2. The molecule has 482 valence electrons. The highest BCUT2D eigenvalue weighted by atomic mass is 16.7. The van der Waals surface area contributed by atoms with Crippen LogP contribution in [-0.4, -0.2) is 99.6 Å². The Hall–Kier alpha value is -3.68. The van der Waals surface area contributed by atoms with Crippen LogP contribution in [0.5, 0.6) is 0 Å². The molecule has 0 aromatic heterocycles. The van der Waals surface area contributed by atoms with E-state index in [0.717, 1.165) is 109 Å². The van der Waals surface area contributed by atoms with E-state index in [-0.39, 0.29) is 19.4 Å². The van der Waals surface area contributed by atoms with Gasteiger partial charge >= 0.3 is 5.97 Å². The molecule has 0 saturated carbocycles. The first-order valence-corrected chi connectivity index (χ1v) is 34.2. The molecule has 1 aliphatic rings. The molecule has 0 bridgehead atoms. The fraction of sp³-hybridized carbons (Fsp3) is 0.726. The molecule has 0 spiro atoms. The Balaban J connectivity index is 2.63. The molecule has 1 rings (SSSR count). The van der Waals surface area contributed by atoms with Crippen molar-refractivity contribution in [3.05, 3.63) is 109 Å². The van der Waals surface area contributed by atoms with Crippen LogP contribution in [0.15, 0.2) is 109 Å². The molecule has 11 nitrogen and oxygen atoms in total. The van der Waals surface area contributed by atoms with Crippen molar-refractivity contribution in [3.8, 4) is 0 Å². The minimum absolute atomic E-state index is 0.0794. The molecule has 8 unspecified atom stereocenters. The molecule has 6 N–H and O–H groups in total. The van der Waals surface area contributed by atoms with Crippen LogP contribution < -0.4 is 5.32 Å². The van der Waals surface area contributed by atoms with Gasteiger partial charge in [0.25, 0.3) is 0 Å². The van der Waals surface area contributed by atoms with Crippen LogP contribution in [-0.2, 0) is 23.8 Å². The number of amides is 1. The Morgan fingerprint density at radius 2 is 0.857 bits per heavy atom. The van der Waals surface area contributed by atoms with E-state index >= 15 is 0 Å². The summed E-state index contributed by atoms with van der Waals surface area (Å²) in [5.41, 5.74) is 0. The fourth-order valence-electron chi connectivity index (χ4n) is 10.0. The number of hydrogen-bond donors (Lipinski definition) is 6. The maximum atomic E-state index is 13.5. The van der Waals surface area contributed by atoms with E-state index < -0.39 is 67.4 Å². The standard InChI is InChI=1S/C73H125NO10/c1-4-7-10-13-16-19-22-25-27-29-31-32-33-34-35-37-38-40-42-45-48-51-54-57-60-66(77)72(81)74-64(65(76)59-56-53-50-47-44-24-21-18-15-12-9-6-3)63-82-73-71(70(80)69(79)67(62-75)83-73)84-68(78)61-58-55-52-49-46-43-41-39-36-30-28-26-23-20-17-14-11-8-5-2/h8,11,16-17,19-20,25-28,31-32,36,39,43,46,56,59,64-67,69-71,73,75-77,79-80H,4-7,9-10,12-15,18,21-24,29-30,33-35,37-38,40-42,44-45,47-55,57-58,60-63H2,1-3H3,(H,74,81)/b11-8-,19-16-,20-17-,27-25-,28-26-,32-31-,39-36-,46-43-,59-56+. The molecule has 1 fully saturated rings. The van der Waals surface area contributed by atoms with Gasteiger partial charge in [0.1, 0.15) is 24.4 Å². The summed E-state index contributed by atoms with van der Waals surface area (Å²) in [6.07, 6.45) is 71.2. The minimum atomic E-state index is -1.63. The zero-order valence-corrected chi connectivity index (χ0v) is 53.5. The van der Waals surface area contributed by atoms with Crippen LogP contribution in [0.25, 0.3) is 0 Å². The van der Waals surface area contributed by atoms with Crippen molar-refractivity contribution < 1.29 is 49.3 Å². The first kappa shape index (κ1) is 78.3. The molecular weight excluding hydrogens is 1050 g/mol. The highest BCUT2D eigenvalue weighted by Crippen LogP contribution is 2.26. The van der Waals surface area contributed by atoms with Crippen molar-refractivity contribution in [3.63, 3.8) is 0 Å². The Morgan fingerprint density at radius 3 is 1.31 bits per heavy atom. The van der Waals surface area contributed by atoms with E-state index in [2.05, 4.69) is 123 Å². The Kier molecular flexibility index (Phi) is 55.6. The lowest BCUT2D eigenvalue weighted by Crippen LogP contribution is -2.61. The highest BCUT2D eigenvalue weighted by Gasteiger charge is 2.47. The van der Waals surface area contributed by atoms with Crippen LogP contribution >= 0.6 is 0 Å². The van der Waals surface area contributed by atoms with Crippen molar-refractivity contribution in [1.29, 1.82) is 0 Å². The molecule has 11 heteroatoms. The molecule has 1 amide bonds. The fourth-order valence-corrected chi connectivity index (χ4v) is 10.0. The molecule has 0 radical (unpaired) electrons. The number of nitrogens with one attached hydrogen (secondary N) is 1. The SMILES string of the molecule is CC/C=C\C/C=C\C/C=C\C/C=C\C/C=C\CCCCCC(=O)OC1C(OCC(NC(=O)C(O)CCCCCCCCCCCCC/C=C\C/C=C\C/C=C\CCCCC)C(O)/C=C/CCCCCCCCCCCC)OC(CO)C(O)C1O. The van der Waals surface area contributed by atoms with Crippen LogP contribution in [0.1, 0.15) is 278 Å². The van der Waals surface area contributed by atoms with Gasteiger partial charge in [-0.1, -0.05) is 271 Å². The van der Waals surface area contributed by atoms with E-state index in [4.69, 9.17) is 14.2 Å². The van der Waals surface area contributed by atoms with E-state index in [1.807, 2.05) is 6.08 Å². The lowest BCUT2D eigenvalue weighted by Gasteiger charge is -2.41. The largest absolute Gasteiger partial charge is 0.454 e. The molecular formula is C73H125NO10. The Bertz CT molecular complexity index is 1780. The number of allylic oxidation sites excluding steroid dienone is 17. The number of carbonyl (C=O) groups is 2. The maximum Gasteiger partial charge on any atom is 0.306 e. The van der Waals surface area contributed by atoms with Crippen LogP contribution in [0, 0.1) is 0 Å². The topological polar surface area (TPSA) is 175 Å². The lowest BCUT2D eigenvalue weighted by molar-refractivity contribution is -0.305. The first-order valence-electron chi connectivity index (χ1n) is 34.2. The predicted molar refractivity (Wildman–Crippen MR) is 351 cm³/mol. The van der Waals surface area contributed by atoms with Gasteiger partial charge in [0.05, 0.1) is 25.4 Å². The third-order valence-electron chi connectivity index (χ3n) is 15.4. The van der Waals surface area contributed by atoms with Crippen molar-refractivity contribution in [2.24, 2.45) is 0 Å². The van der Waals surface area contributed by atoms with Crippen molar-refractivity contribution >= 4 is 11.9 Å². The summed E-state index contributed by atoms with van der Waals surface area (Å²) >= 11 is 0. The average Bonchev–Trinajstić information content (AvgIpc) is 3.69. The average molecular weight is 1180 g/mol. The molecule has 1 heterocycles. The maximum absolute atomic E-state index is 13.5. The third kappa shape index (κ3) is 46.5. The molecule has 1 aliphatic heterocycles. The van der Waals surface area contributed by atoms with Gasteiger partial charge in [0.15, 0.2) is 12.4 Å². The van der Waals surface area contributed by atoms with E-state index in [9.17, 15) is 35.1 Å². The van der Waals surface area contributed by atoms with E-state index in [1.54, 1.807) is 6.08 Å². The van der Waals surface area contributed by atoms with Gasteiger partial charge < -0.3 is 45.1 Å². The number of esters is 1. The third-order valence-corrected chi connectivity index (χ3v) is 15.4. The zero-order chi connectivity index (χ0) is 61.0. The predicted octanol–water partition coefficient (Wildman–Crippen LogP) is 17.2. The van der Waals surface area contributed by atoms with Gasteiger partial charge in [-0.25, -0.2) is 0 Å². The Labute approximate surface area is 513 Å². The number of aliphatic hydroxyl groups excluding tert-OH is 5. The summed E-state index contributed by atoms with van der Waals surface area (Å²) in [7, 11) is 0. The van der Waals surface area contributed by atoms with Crippen molar-refractivity contribution in [2.75, 3.05) is 13.2 Å². The normalized spacial score (nSPS) is 19.2. The van der Waals surface area contributed by atoms with E-state index in [0.29, 0.717) is 12.8 Å². The van der Waals surface area contributed by atoms with Crippen LogP contribution in [0.3, 0.4) is 0 Å². The van der Waals surface area contributed by atoms with Crippen LogP contribution in [0.4, 0.5) is 0 Å². The molecule has 0 aliphatic carbocycles. The van der Waals surface area contributed by atoms with Gasteiger partial charge in [-0.15, -0.1) is 0 Å². The summed E-state index contributed by atoms with van der Waals surface area (Å²) < 4.78 is 17.6. The molecule has 0 aromatic carbocycles. The minimum Gasteiger partial charge on any atom is -0.454 e. The number of hydrogen-bond acceptors (Lipinski definition) is 10. The molecule has 1 saturated heterocycles. The van der Waals surface area contributed by atoms with Crippen molar-refractivity contribution in [2.45, 2.75) is 327 Å². The van der Waals surface area contributed by atoms with Gasteiger partial charge in [0, 0.05) is 6.42 Å². The van der Waals surface area contributed by atoms with Crippen molar-refractivity contribution in [1.82, 2.24) is 5.32 Å². The highest BCUT2D eigenvalue weighted by molar-refractivity contribution is 5.80. The summed E-state index contributed by atoms with van der Waals surface area (Å²) in [5.74, 6) is -1.23. The number of unbranched alkanes of at least 4 members (excludes halogenated alkanes) is 27. The van der Waals surface area contributed by atoms with E-state index in [1.165, 1.54) is 122 Å². The monoisotopic (exact) mass is 1180 g/mol. The van der Waals surface area contributed by atoms with Crippen LogP contribution in [0.2, 0.25) is 0 Å². The number of rotatable bonds is 57. The summed E-state index contributed by atoms with van der Waals surface area (Å²) in [6, 6.07) is -1.04. The van der Waals surface area contributed by atoms with Gasteiger partial charge in [-0.2, -0.15) is 0 Å². The number of aliphatic hydroxyl groups is 5. The molecule has 0 aromatic rings. The lowest BCUT2D eigenvalue weighted by atomic mass is 9.99. The van der Waals surface area contributed by atoms with Gasteiger partial charge in [-0.3, -0.25) is 9.59 Å². The quantitative estimate of drug-likeness (QED) is 0.0195. The second kappa shape index (κ2) is 59.6. The molecule has 8 atom stereocenters. The van der Waals surface area contributed by atoms with Gasteiger partial charge in [-0.05, 0) is 109 Å². The first-order chi connectivity index (χ1) is 41.2. The molecule has 84 heavy (non-hydrogen) atoms. The summed E-state index contributed by atoms with van der Waals surface area (Å²) in [6.45, 7) is 5.64. The summed E-state index contributed by atoms with van der Waals surface area (Å²) in [4.78, 5) is 26.6. The second-order valence-electron chi connectivity index (χ2n) is 23.2.